The quantitative estimate of drug-likeness (QED) is 0.688. The lowest BCUT2D eigenvalue weighted by Crippen LogP contribution is -2.39. The predicted molar refractivity (Wildman–Crippen MR) is 103 cm³/mol. The molecule has 3 rings (SSSR count). The minimum Gasteiger partial charge on any atom is -0.444 e. The van der Waals surface area contributed by atoms with Gasteiger partial charge < -0.3 is 15.4 Å². The fourth-order valence-corrected chi connectivity index (χ4v) is 3.31. The molecular formula is C18H21N5O2S. The molecule has 0 aromatic carbocycles. The molecule has 1 atom stereocenters. The summed E-state index contributed by atoms with van der Waals surface area (Å²) in [7, 11) is 0. The molecule has 0 saturated heterocycles. The van der Waals surface area contributed by atoms with Crippen LogP contribution in [0.3, 0.4) is 0 Å². The van der Waals surface area contributed by atoms with Crippen molar-refractivity contribution in [3.8, 4) is 11.8 Å². The Morgan fingerprint density at radius 2 is 2.23 bits per heavy atom. The van der Waals surface area contributed by atoms with Crippen molar-refractivity contribution in [2.45, 2.75) is 39.3 Å². The van der Waals surface area contributed by atoms with Gasteiger partial charge in [0.15, 0.2) is 10.8 Å². The first-order valence-corrected chi connectivity index (χ1v) is 9.05. The molecule has 0 bridgehead atoms. The highest BCUT2D eigenvalue weighted by Gasteiger charge is 2.17. The van der Waals surface area contributed by atoms with Gasteiger partial charge in [-0.15, -0.1) is 5.92 Å². The molecule has 7 nitrogen and oxygen atoms in total. The second-order valence-corrected chi connectivity index (χ2v) is 7.70. The summed E-state index contributed by atoms with van der Waals surface area (Å²) in [5.74, 6) is 5.92. The molecule has 3 heterocycles. The monoisotopic (exact) mass is 371 g/mol. The summed E-state index contributed by atoms with van der Waals surface area (Å²) in [5, 5.41) is 6.75. The smallest absolute Gasteiger partial charge is 0.407 e. The number of carbonyl (C=O) groups excluding carboxylic acids is 1. The molecule has 0 fully saturated rings. The zero-order valence-corrected chi connectivity index (χ0v) is 16.0. The predicted octanol–water partition coefficient (Wildman–Crippen LogP) is 3.27. The van der Waals surface area contributed by atoms with Crippen molar-refractivity contribution in [2.24, 2.45) is 0 Å². The van der Waals surface area contributed by atoms with Crippen LogP contribution in [0.4, 0.5) is 9.93 Å². The van der Waals surface area contributed by atoms with Crippen molar-refractivity contribution in [3.05, 3.63) is 24.5 Å². The Labute approximate surface area is 155 Å². The van der Waals surface area contributed by atoms with Crippen LogP contribution in [0.5, 0.6) is 0 Å². The molecule has 0 saturated carbocycles. The number of hydrogen-bond donors (Lipinski definition) is 2. The first kappa shape index (κ1) is 18.0. The second kappa shape index (κ2) is 7.22. The van der Waals surface area contributed by atoms with Crippen molar-refractivity contribution in [1.82, 2.24) is 19.7 Å². The number of hydrogen-bond acceptors (Lipinski definition) is 6. The zero-order chi connectivity index (χ0) is 18.7. The third-order valence-corrected chi connectivity index (χ3v) is 4.32. The molecule has 0 spiro atoms. The maximum atomic E-state index is 11.8. The fourth-order valence-electron chi connectivity index (χ4n) is 2.40. The van der Waals surface area contributed by atoms with Gasteiger partial charge in [-0.05, 0) is 39.8 Å². The van der Waals surface area contributed by atoms with Gasteiger partial charge in [-0.2, -0.15) is 0 Å². The standard InChI is InChI=1S/C18H21N5O2S/c1-5-6-12(11-20-17(24)25-18(2,3)4)21-16-22-15-13(26-16)7-8-14-19-9-10-23(14)15/h7-10,12H,11H2,1-4H3,(H,20,24)(H,21,22). The van der Waals surface area contributed by atoms with E-state index in [4.69, 9.17) is 4.74 Å². The van der Waals surface area contributed by atoms with Crippen molar-refractivity contribution >= 4 is 38.6 Å². The average Bonchev–Trinajstić information content (AvgIpc) is 3.16. The maximum Gasteiger partial charge on any atom is 0.407 e. The molecule has 0 radical (unpaired) electrons. The van der Waals surface area contributed by atoms with Crippen LogP contribution in [0, 0.1) is 11.8 Å². The van der Waals surface area contributed by atoms with Crippen molar-refractivity contribution in [3.63, 3.8) is 0 Å². The number of fused-ring (bicyclic) bond motifs is 3. The summed E-state index contributed by atoms with van der Waals surface area (Å²) < 4.78 is 8.24. The lowest BCUT2D eigenvalue weighted by molar-refractivity contribution is 0.0528. The first-order chi connectivity index (χ1) is 12.4. The Kier molecular flexibility index (Phi) is 5.00. The van der Waals surface area contributed by atoms with Crippen LogP contribution < -0.4 is 10.6 Å². The number of amides is 1. The number of thiazole rings is 1. The number of nitrogens with one attached hydrogen (secondary N) is 2. The zero-order valence-electron chi connectivity index (χ0n) is 15.2. The number of anilines is 1. The van der Waals surface area contributed by atoms with Crippen LogP contribution in [0.15, 0.2) is 24.5 Å². The lowest BCUT2D eigenvalue weighted by atomic mass is 10.2. The topological polar surface area (TPSA) is 80.5 Å². The molecule has 26 heavy (non-hydrogen) atoms. The maximum absolute atomic E-state index is 11.8. The van der Waals surface area contributed by atoms with E-state index in [0.717, 1.165) is 21.1 Å². The minimum absolute atomic E-state index is 0.272. The van der Waals surface area contributed by atoms with Gasteiger partial charge in [0.1, 0.15) is 17.3 Å². The van der Waals surface area contributed by atoms with Gasteiger partial charge in [0.25, 0.3) is 0 Å². The fraction of sp³-hybridized carbons (Fsp3) is 0.389. The van der Waals surface area contributed by atoms with Crippen LogP contribution in [-0.4, -0.2) is 38.6 Å². The summed E-state index contributed by atoms with van der Waals surface area (Å²) in [4.78, 5) is 20.8. The average molecular weight is 371 g/mol. The molecule has 1 unspecified atom stereocenters. The summed E-state index contributed by atoms with van der Waals surface area (Å²) >= 11 is 1.53. The molecule has 0 aliphatic heterocycles. The largest absolute Gasteiger partial charge is 0.444 e. The highest BCUT2D eigenvalue weighted by molar-refractivity contribution is 7.22. The van der Waals surface area contributed by atoms with E-state index in [1.165, 1.54) is 11.3 Å². The second-order valence-electron chi connectivity index (χ2n) is 6.67. The Bertz CT molecular complexity index is 990. The van der Waals surface area contributed by atoms with Crippen LogP contribution >= 0.6 is 11.3 Å². The van der Waals surface area contributed by atoms with E-state index in [1.807, 2.05) is 43.5 Å². The number of ether oxygens (including phenoxy) is 1. The molecule has 3 aromatic rings. The molecule has 0 aliphatic carbocycles. The van der Waals surface area contributed by atoms with Crippen LogP contribution in [0.1, 0.15) is 27.7 Å². The molecule has 136 valence electrons. The number of aromatic nitrogens is 3. The van der Waals surface area contributed by atoms with Gasteiger partial charge in [-0.25, -0.2) is 14.8 Å². The van der Waals surface area contributed by atoms with Gasteiger partial charge >= 0.3 is 6.09 Å². The molecule has 3 aromatic heterocycles. The number of rotatable bonds is 4. The van der Waals surface area contributed by atoms with Crippen LogP contribution in [0.25, 0.3) is 16.0 Å². The number of alkyl carbamates (subject to hydrolysis) is 1. The Balaban J connectivity index is 1.72. The number of nitrogens with zero attached hydrogens (tertiary/aromatic N) is 3. The molecule has 0 aliphatic rings. The van der Waals surface area contributed by atoms with Gasteiger partial charge in [-0.3, -0.25) is 4.40 Å². The van der Waals surface area contributed by atoms with Crippen LogP contribution in [0.2, 0.25) is 0 Å². The van der Waals surface area contributed by atoms with Crippen molar-refractivity contribution in [1.29, 1.82) is 0 Å². The van der Waals surface area contributed by atoms with Gasteiger partial charge in [0.05, 0.1) is 11.2 Å². The number of pyridine rings is 1. The molecule has 2 N–H and O–H groups in total. The Morgan fingerprint density at radius 3 is 2.96 bits per heavy atom. The molecule has 8 heteroatoms. The summed E-state index contributed by atoms with van der Waals surface area (Å²) in [5.41, 5.74) is 1.16. The highest BCUT2D eigenvalue weighted by atomic mass is 32.1. The normalized spacial score (nSPS) is 12.5. The number of carbonyl (C=O) groups is 1. The number of imidazole rings is 1. The highest BCUT2D eigenvalue weighted by Crippen LogP contribution is 2.26. The summed E-state index contributed by atoms with van der Waals surface area (Å²) in [6.45, 7) is 7.55. The lowest BCUT2D eigenvalue weighted by Gasteiger charge is -2.20. The SMILES string of the molecule is CC#CC(CNC(=O)OC(C)(C)C)Nc1nc2c(ccc3nccn32)s1. The van der Waals surface area contributed by atoms with E-state index in [9.17, 15) is 4.79 Å². The van der Waals surface area contributed by atoms with E-state index < -0.39 is 11.7 Å². The van der Waals surface area contributed by atoms with Gasteiger partial charge in [-0.1, -0.05) is 17.3 Å². The minimum atomic E-state index is -0.535. The molecular weight excluding hydrogens is 350 g/mol. The van der Waals surface area contributed by atoms with Crippen molar-refractivity contribution in [2.75, 3.05) is 11.9 Å². The first-order valence-electron chi connectivity index (χ1n) is 8.24. The Hall–Kier alpha value is -2.79. The third kappa shape index (κ3) is 4.24. The van der Waals surface area contributed by atoms with E-state index in [0.29, 0.717) is 6.54 Å². The van der Waals surface area contributed by atoms with Crippen molar-refractivity contribution < 1.29 is 9.53 Å². The third-order valence-electron chi connectivity index (χ3n) is 3.38. The van der Waals surface area contributed by atoms with E-state index in [-0.39, 0.29) is 6.04 Å². The van der Waals surface area contributed by atoms with E-state index >= 15 is 0 Å². The van der Waals surface area contributed by atoms with Gasteiger partial charge in [0.2, 0.25) is 0 Å². The molecule has 1 amide bonds. The van der Waals surface area contributed by atoms with Gasteiger partial charge in [0, 0.05) is 12.4 Å². The van der Waals surface area contributed by atoms with Crippen LogP contribution in [-0.2, 0) is 4.74 Å². The van der Waals surface area contributed by atoms with E-state index in [2.05, 4.69) is 32.4 Å². The van der Waals surface area contributed by atoms with E-state index in [1.54, 1.807) is 13.1 Å². The summed E-state index contributed by atoms with van der Waals surface area (Å²) in [6.07, 6.45) is 3.16. The summed E-state index contributed by atoms with van der Waals surface area (Å²) in [6, 6.07) is 3.68. The Morgan fingerprint density at radius 1 is 1.42 bits per heavy atom.